The van der Waals surface area contributed by atoms with E-state index in [1.807, 2.05) is 19.1 Å². The van der Waals surface area contributed by atoms with E-state index in [4.69, 9.17) is 5.73 Å². The van der Waals surface area contributed by atoms with Crippen LogP contribution in [-0.4, -0.2) is 31.2 Å². The molecule has 0 saturated heterocycles. The van der Waals surface area contributed by atoms with Crippen LogP contribution in [0.2, 0.25) is 0 Å². The number of hydrazine groups is 1. The highest BCUT2D eigenvalue weighted by Crippen LogP contribution is 2.43. The highest BCUT2D eigenvalue weighted by atomic mass is 15.5. The lowest BCUT2D eigenvalue weighted by molar-refractivity contribution is 0.0299. The SMILES string of the molecule is CC1CC(C)(C)CCC1(CN)NN(C)C. The third-order valence-corrected chi connectivity index (χ3v) is 3.86. The number of nitrogens with two attached hydrogens (primary N) is 1. The van der Waals surface area contributed by atoms with Crippen molar-refractivity contribution in [2.45, 2.75) is 45.6 Å². The minimum absolute atomic E-state index is 0.110. The van der Waals surface area contributed by atoms with Gasteiger partial charge >= 0.3 is 0 Å². The topological polar surface area (TPSA) is 41.3 Å². The molecule has 2 atom stereocenters. The summed E-state index contributed by atoms with van der Waals surface area (Å²) in [5.74, 6) is 0.633. The molecule has 15 heavy (non-hydrogen) atoms. The smallest absolute Gasteiger partial charge is 0.0473 e. The summed E-state index contributed by atoms with van der Waals surface area (Å²) in [5.41, 5.74) is 10.1. The van der Waals surface area contributed by atoms with Gasteiger partial charge in [0.2, 0.25) is 0 Å². The molecule has 0 radical (unpaired) electrons. The molecule has 3 nitrogen and oxygen atoms in total. The molecule has 0 aliphatic heterocycles. The first-order valence-electron chi connectivity index (χ1n) is 5.96. The first-order valence-corrected chi connectivity index (χ1v) is 5.96. The minimum Gasteiger partial charge on any atom is -0.329 e. The van der Waals surface area contributed by atoms with Gasteiger partial charge in [-0.3, -0.25) is 5.01 Å². The zero-order valence-corrected chi connectivity index (χ0v) is 10.9. The van der Waals surface area contributed by atoms with E-state index in [2.05, 4.69) is 26.2 Å². The number of hydrogen-bond acceptors (Lipinski definition) is 3. The first kappa shape index (κ1) is 12.9. The Kier molecular flexibility index (Phi) is 3.80. The summed E-state index contributed by atoms with van der Waals surface area (Å²) in [4.78, 5) is 0. The van der Waals surface area contributed by atoms with Crippen LogP contribution in [0.25, 0.3) is 0 Å². The van der Waals surface area contributed by atoms with Crippen molar-refractivity contribution in [2.75, 3.05) is 20.6 Å². The largest absolute Gasteiger partial charge is 0.329 e. The van der Waals surface area contributed by atoms with Crippen LogP contribution in [0.3, 0.4) is 0 Å². The molecule has 0 aromatic heterocycles. The number of hydrogen-bond donors (Lipinski definition) is 2. The van der Waals surface area contributed by atoms with Crippen molar-refractivity contribution in [1.82, 2.24) is 10.4 Å². The Morgan fingerprint density at radius 1 is 1.33 bits per heavy atom. The highest BCUT2D eigenvalue weighted by molar-refractivity contribution is 4.99. The second-order valence-electron chi connectivity index (χ2n) is 6.14. The van der Waals surface area contributed by atoms with Crippen LogP contribution in [0.15, 0.2) is 0 Å². The van der Waals surface area contributed by atoms with E-state index in [1.54, 1.807) is 0 Å². The molecule has 0 spiro atoms. The molecule has 0 aromatic rings. The van der Waals surface area contributed by atoms with Gasteiger partial charge in [-0.1, -0.05) is 20.8 Å². The van der Waals surface area contributed by atoms with Crippen LogP contribution < -0.4 is 11.2 Å². The van der Waals surface area contributed by atoms with Gasteiger partial charge in [0.05, 0.1) is 0 Å². The van der Waals surface area contributed by atoms with Crippen molar-refractivity contribution >= 4 is 0 Å². The van der Waals surface area contributed by atoms with Gasteiger partial charge in [0.1, 0.15) is 0 Å². The summed E-state index contributed by atoms with van der Waals surface area (Å²) in [6.07, 6.45) is 3.69. The molecular weight excluding hydrogens is 186 g/mol. The van der Waals surface area contributed by atoms with E-state index >= 15 is 0 Å². The van der Waals surface area contributed by atoms with Crippen LogP contribution in [0.1, 0.15) is 40.0 Å². The van der Waals surface area contributed by atoms with Gasteiger partial charge in [-0.25, -0.2) is 5.43 Å². The molecule has 90 valence electrons. The fourth-order valence-corrected chi connectivity index (χ4v) is 2.89. The minimum atomic E-state index is 0.110. The Morgan fingerprint density at radius 3 is 2.33 bits per heavy atom. The molecule has 0 bridgehead atoms. The highest BCUT2D eigenvalue weighted by Gasteiger charge is 2.43. The maximum atomic E-state index is 5.98. The predicted octanol–water partition coefficient (Wildman–Crippen LogP) is 1.60. The molecule has 1 aliphatic carbocycles. The molecule has 1 fully saturated rings. The zero-order chi connectivity index (χ0) is 11.7. The molecule has 1 saturated carbocycles. The zero-order valence-electron chi connectivity index (χ0n) is 10.9. The molecule has 0 heterocycles. The maximum Gasteiger partial charge on any atom is 0.0473 e. The normalized spacial score (nSPS) is 35.8. The van der Waals surface area contributed by atoms with E-state index in [9.17, 15) is 0 Å². The quantitative estimate of drug-likeness (QED) is 0.700. The lowest BCUT2D eigenvalue weighted by Gasteiger charge is -2.49. The molecule has 0 aromatic carbocycles. The van der Waals surface area contributed by atoms with E-state index in [0.717, 1.165) is 6.54 Å². The van der Waals surface area contributed by atoms with Crippen LogP contribution >= 0.6 is 0 Å². The van der Waals surface area contributed by atoms with Gasteiger partial charge in [-0.15, -0.1) is 0 Å². The van der Waals surface area contributed by atoms with Gasteiger partial charge < -0.3 is 5.73 Å². The first-order chi connectivity index (χ1) is 6.81. The Labute approximate surface area is 94.4 Å². The van der Waals surface area contributed by atoms with Gasteiger partial charge in [0.25, 0.3) is 0 Å². The monoisotopic (exact) mass is 213 g/mol. The average Bonchev–Trinajstić information content (AvgIpc) is 2.09. The lowest BCUT2D eigenvalue weighted by atomic mass is 9.64. The van der Waals surface area contributed by atoms with Gasteiger partial charge in [-0.2, -0.15) is 0 Å². The van der Waals surface area contributed by atoms with Crippen molar-refractivity contribution in [3.63, 3.8) is 0 Å². The molecular formula is C12H27N3. The van der Waals surface area contributed by atoms with Crippen LogP contribution in [-0.2, 0) is 0 Å². The number of nitrogens with zero attached hydrogens (tertiary/aromatic N) is 1. The van der Waals surface area contributed by atoms with E-state index in [-0.39, 0.29) is 5.54 Å². The maximum absolute atomic E-state index is 5.98. The van der Waals surface area contributed by atoms with Crippen molar-refractivity contribution in [2.24, 2.45) is 17.1 Å². The number of rotatable bonds is 3. The number of nitrogens with one attached hydrogen (secondary N) is 1. The summed E-state index contributed by atoms with van der Waals surface area (Å²) >= 11 is 0. The van der Waals surface area contributed by atoms with Gasteiger partial charge in [-0.05, 0) is 30.6 Å². The van der Waals surface area contributed by atoms with Gasteiger partial charge in [0, 0.05) is 26.2 Å². The van der Waals surface area contributed by atoms with Crippen LogP contribution in [0.5, 0.6) is 0 Å². The van der Waals surface area contributed by atoms with Crippen molar-refractivity contribution < 1.29 is 0 Å². The van der Waals surface area contributed by atoms with Gasteiger partial charge in [0.15, 0.2) is 0 Å². The van der Waals surface area contributed by atoms with E-state index in [0.29, 0.717) is 11.3 Å². The Bertz CT molecular complexity index is 213. The molecule has 1 rings (SSSR count). The van der Waals surface area contributed by atoms with Crippen molar-refractivity contribution in [1.29, 1.82) is 0 Å². The summed E-state index contributed by atoms with van der Waals surface area (Å²) in [6.45, 7) is 7.77. The molecule has 1 aliphatic rings. The summed E-state index contributed by atoms with van der Waals surface area (Å²) in [6, 6.07) is 0. The third kappa shape index (κ3) is 2.92. The van der Waals surface area contributed by atoms with Crippen molar-refractivity contribution in [3.8, 4) is 0 Å². The fraction of sp³-hybridized carbons (Fsp3) is 1.00. The standard InChI is InChI=1S/C12H27N3/c1-10-8-11(2,3)6-7-12(10,9-13)14-15(4)5/h10,14H,6-9,13H2,1-5H3. The second-order valence-corrected chi connectivity index (χ2v) is 6.14. The third-order valence-electron chi connectivity index (χ3n) is 3.86. The fourth-order valence-electron chi connectivity index (χ4n) is 2.89. The van der Waals surface area contributed by atoms with Crippen LogP contribution in [0.4, 0.5) is 0 Å². The van der Waals surface area contributed by atoms with E-state index < -0.39 is 0 Å². The predicted molar refractivity (Wildman–Crippen MR) is 65.4 cm³/mol. The Balaban J connectivity index is 2.74. The Morgan fingerprint density at radius 2 is 1.93 bits per heavy atom. The molecule has 3 N–H and O–H groups in total. The summed E-state index contributed by atoms with van der Waals surface area (Å²) in [5, 5.41) is 2.04. The molecule has 0 amide bonds. The Hall–Kier alpha value is -0.120. The van der Waals surface area contributed by atoms with Crippen LogP contribution in [0, 0.1) is 11.3 Å². The van der Waals surface area contributed by atoms with E-state index in [1.165, 1.54) is 19.3 Å². The second kappa shape index (κ2) is 4.40. The average molecular weight is 213 g/mol. The van der Waals surface area contributed by atoms with Crippen molar-refractivity contribution in [3.05, 3.63) is 0 Å². The summed E-state index contributed by atoms with van der Waals surface area (Å²) < 4.78 is 0. The summed E-state index contributed by atoms with van der Waals surface area (Å²) in [7, 11) is 4.09. The molecule has 2 unspecified atom stereocenters. The molecule has 3 heteroatoms. The lowest BCUT2D eigenvalue weighted by Crippen LogP contribution is -2.62.